The highest BCUT2D eigenvalue weighted by molar-refractivity contribution is 7.81. The second-order valence-electron chi connectivity index (χ2n) is 6.50. The van der Waals surface area contributed by atoms with E-state index >= 15 is 0 Å². The fourth-order valence-corrected chi connectivity index (χ4v) is 3.49. The van der Waals surface area contributed by atoms with Crippen LogP contribution in [0.5, 0.6) is 11.5 Å². The lowest BCUT2D eigenvalue weighted by Crippen LogP contribution is -2.22. The van der Waals surface area contributed by atoms with Crippen molar-refractivity contribution in [3.05, 3.63) is 87.7 Å². The molecule has 9 nitrogen and oxygen atoms in total. The number of halogens is 1. The van der Waals surface area contributed by atoms with E-state index in [0.29, 0.717) is 5.69 Å². The largest absolute Gasteiger partial charge is 0.465 e. The van der Waals surface area contributed by atoms with Crippen molar-refractivity contribution in [2.75, 3.05) is 11.4 Å². The van der Waals surface area contributed by atoms with Crippen molar-refractivity contribution in [1.29, 1.82) is 0 Å². The Morgan fingerprint density at radius 1 is 1.09 bits per heavy atom. The first kappa shape index (κ1) is 22.8. The number of nitrogens with zero attached hydrogens (tertiary/aromatic N) is 2. The van der Waals surface area contributed by atoms with Gasteiger partial charge >= 0.3 is 11.7 Å². The molecule has 11 heteroatoms. The van der Waals surface area contributed by atoms with Crippen LogP contribution in [0.3, 0.4) is 0 Å². The highest BCUT2D eigenvalue weighted by Gasteiger charge is 2.24. The van der Waals surface area contributed by atoms with E-state index in [9.17, 15) is 28.1 Å². The molecule has 3 aromatic carbocycles. The lowest BCUT2D eigenvalue weighted by Gasteiger charge is -2.23. The molecule has 3 rings (SSSR count). The molecular formula is C21H17FN2O7S. The van der Waals surface area contributed by atoms with E-state index in [1.807, 2.05) is 6.92 Å². The fraction of sp³-hybridized carbons (Fsp3) is 0.0952. The third-order valence-corrected chi connectivity index (χ3v) is 5.09. The highest BCUT2D eigenvalue weighted by atomic mass is 32.2. The molecule has 0 amide bonds. The van der Waals surface area contributed by atoms with Gasteiger partial charge in [-0.1, -0.05) is 17.7 Å². The summed E-state index contributed by atoms with van der Waals surface area (Å²) in [6.07, 6.45) is 0. The Morgan fingerprint density at radius 3 is 2.28 bits per heavy atom. The Labute approximate surface area is 184 Å². The zero-order valence-electron chi connectivity index (χ0n) is 16.9. The highest BCUT2D eigenvalue weighted by Crippen LogP contribution is 2.35. The second-order valence-corrected chi connectivity index (χ2v) is 7.33. The van der Waals surface area contributed by atoms with Crippen LogP contribution in [0.4, 0.5) is 21.5 Å². The van der Waals surface area contributed by atoms with Crippen molar-refractivity contribution in [3.8, 4) is 11.5 Å². The summed E-state index contributed by atoms with van der Waals surface area (Å²) in [7, 11) is 1.15. The lowest BCUT2D eigenvalue weighted by atomic mass is 10.1. The van der Waals surface area contributed by atoms with Crippen LogP contribution in [0, 0.1) is 22.9 Å². The van der Waals surface area contributed by atoms with E-state index in [2.05, 4.69) is 0 Å². The first-order valence-corrected chi connectivity index (χ1v) is 10.1. The van der Waals surface area contributed by atoms with Crippen LogP contribution in [-0.4, -0.2) is 26.8 Å². The van der Waals surface area contributed by atoms with Crippen molar-refractivity contribution in [1.82, 2.24) is 0 Å². The molecule has 0 radical (unpaired) electrons. The number of nitro groups is 1. The Balaban J connectivity index is 2.03. The summed E-state index contributed by atoms with van der Waals surface area (Å²) in [6, 6.07) is 13.7. The quantitative estimate of drug-likeness (QED) is 0.231. The number of rotatable bonds is 7. The molecule has 0 aliphatic carbocycles. The van der Waals surface area contributed by atoms with Crippen LogP contribution in [0.25, 0.3) is 0 Å². The monoisotopic (exact) mass is 460 g/mol. The molecule has 0 spiro atoms. The fourth-order valence-electron chi connectivity index (χ4n) is 2.86. The van der Waals surface area contributed by atoms with Crippen molar-refractivity contribution in [3.63, 3.8) is 0 Å². The zero-order chi connectivity index (χ0) is 23.4. The summed E-state index contributed by atoms with van der Waals surface area (Å²) in [5.41, 5.74) is 0.568. The van der Waals surface area contributed by atoms with E-state index in [1.54, 1.807) is 24.3 Å². The van der Waals surface area contributed by atoms with Crippen molar-refractivity contribution < 1.29 is 32.3 Å². The van der Waals surface area contributed by atoms with E-state index in [0.717, 1.165) is 29.1 Å². The molecule has 0 fully saturated rings. The lowest BCUT2D eigenvalue weighted by molar-refractivity contribution is -0.387. The van der Waals surface area contributed by atoms with Gasteiger partial charge in [0.15, 0.2) is 0 Å². The molecule has 0 aliphatic heterocycles. The van der Waals surface area contributed by atoms with Crippen LogP contribution < -0.4 is 9.04 Å². The molecule has 0 saturated carbocycles. The number of anilines is 2. The number of carbonyl (C=O) groups is 1. The summed E-state index contributed by atoms with van der Waals surface area (Å²) >= 11 is -2.52. The van der Waals surface area contributed by atoms with Gasteiger partial charge in [-0.2, -0.15) is 4.39 Å². The van der Waals surface area contributed by atoms with Crippen LogP contribution in [0.15, 0.2) is 60.7 Å². The topological polar surface area (TPSA) is 119 Å². The predicted octanol–water partition coefficient (Wildman–Crippen LogP) is 4.90. The van der Waals surface area contributed by atoms with Crippen molar-refractivity contribution in [2.24, 2.45) is 0 Å². The number of methoxy groups -OCH3 is 1. The maximum absolute atomic E-state index is 13.9. The standard InChI is InChI=1S/C21H17FN2O7S/c1-13-3-5-14(6-4-13)23(32(28)29)19-9-7-15(11-17(19)21(25)30-2)31-16-8-10-20(24(26)27)18(22)12-16/h3-12H,1-2H3,(H,28,29). The Bertz CT molecular complexity index is 1200. The van der Waals surface area contributed by atoms with E-state index < -0.39 is 33.7 Å². The number of benzene rings is 3. The second kappa shape index (κ2) is 9.54. The molecule has 0 saturated heterocycles. The van der Waals surface area contributed by atoms with Crippen LogP contribution in [0.1, 0.15) is 15.9 Å². The van der Waals surface area contributed by atoms with Crippen molar-refractivity contribution >= 4 is 34.3 Å². The molecule has 1 unspecified atom stereocenters. The number of hydrogen-bond donors (Lipinski definition) is 1. The van der Waals surface area contributed by atoms with Crippen LogP contribution in [0.2, 0.25) is 0 Å². The molecule has 0 aromatic heterocycles. The first-order valence-electron chi connectivity index (χ1n) is 9.03. The average molecular weight is 460 g/mol. The molecule has 32 heavy (non-hydrogen) atoms. The number of carbonyl (C=O) groups excluding carboxylic acids is 1. The average Bonchev–Trinajstić information content (AvgIpc) is 2.75. The van der Waals surface area contributed by atoms with Crippen LogP contribution in [-0.2, 0) is 16.0 Å². The van der Waals surface area contributed by atoms with Gasteiger partial charge in [-0.25, -0.2) is 13.3 Å². The van der Waals surface area contributed by atoms with E-state index in [-0.39, 0.29) is 22.7 Å². The maximum atomic E-state index is 13.9. The third-order valence-electron chi connectivity index (χ3n) is 4.37. The zero-order valence-corrected chi connectivity index (χ0v) is 17.7. The molecule has 3 aromatic rings. The molecule has 0 heterocycles. The normalized spacial score (nSPS) is 11.5. The molecule has 0 bridgehead atoms. The SMILES string of the molecule is COC(=O)c1cc(Oc2ccc([N+](=O)[O-])c(F)c2)ccc1N(c1ccc(C)cc1)S(=O)O. The number of nitro benzene ring substituents is 1. The first-order chi connectivity index (χ1) is 15.2. The Kier molecular flexibility index (Phi) is 6.81. The molecule has 1 N–H and O–H groups in total. The van der Waals surface area contributed by atoms with E-state index in [4.69, 9.17) is 9.47 Å². The summed E-state index contributed by atoms with van der Waals surface area (Å²) in [4.78, 5) is 22.3. The van der Waals surface area contributed by atoms with Gasteiger partial charge in [0.2, 0.25) is 5.82 Å². The molecular weight excluding hydrogens is 443 g/mol. The van der Waals surface area contributed by atoms with Gasteiger partial charge in [-0.3, -0.25) is 14.7 Å². The summed E-state index contributed by atoms with van der Waals surface area (Å²) in [5, 5.41) is 10.8. The van der Waals surface area contributed by atoms with E-state index in [1.165, 1.54) is 24.3 Å². The summed E-state index contributed by atoms with van der Waals surface area (Å²) < 4.78 is 47.2. The van der Waals surface area contributed by atoms with Gasteiger partial charge in [-0.15, -0.1) is 0 Å². The molecule has 0 aliphatic rings. The Morgan fingerprint density at radius 2 is 1.72 bits per heavy atom. The number of ether oxygens (including phenoxy) is 2. The number of esters is 1. The third kappa shape index (κ3) is 4.90. The minimum atomic E-state index is -2.52. The number of hydrogen-bond acceptors (Lipinski definition) is 6. The Hall–Kier alpha value is -3.83. The van der Waals surface area contributed by atoms with Gasteiger partial charge in [-0.05, 0) is 43.3 Å². The van der Waals surface area contributed by atoms with Crippen LogP contribution >= 0.6 is 0 Å². The number of aryl methyl sites for hydroxylation is 1. The van der Waals surface area contributed by atoms with Gasteiger partial charge in [0.25, 0.3) is 11.3 Å². The van der Waals surface area contributed by atoms with Gasteiger partial charge < -0.3 is 9.47 Å². The maximum Gasteiger partial charge on any atom is 0.340 e. The summed E-state index contributed by atoms with van der Waals surface area (Å²) in [6.45, 7) is 1.86. The van der Waals surface area contributed by atoms with Crippen molar-refractivity contribution in [2.45, 2.75) is 6.92 Å². The van der Waals surface area contributed by atoms with Gasteiger partial charge in [0, 0.05) is 12.1 Å². The smallest absolute Gasteiger partial charge is 0.340 e. The van der Waals surface area contributed by atoms with Gasteiger partial charge in [0.1, 0.15) is 11.5 Å². The molecule has 166 valence electrons. The van der Waals surface area contributed by atoms with Gasteiger partial charge in [0.05, 0.1) is 29.0 Å². The molecule has 1 atom stereocenters. The summed E-state index contributed by atoms with van der Waals surface area (Å²) in [5.74, 6) is -1.85. The minimum Gasteiger partial charge on any atom is -0.465 e. The minimum absolute atomic E-state index is 0.0437. The predicted molar refractivity (Wildman–Crippen MR) is 115 cm³/mol.